The molecule has 0 saturated heterocycles. The van der Waals surface area contributed by atoms with Crippen LogP contribution < -0.4 is 4.90 Å². The smallest absolute Gasteiger partial charge is 0.0617 e. The van der Waals surface area contributed by atoms with E-state index in [1.807, 2.05) is 0 Å². The third-order valence-electron chi connectivity index (χ3n) is 9.24. The van der Waals surface area contributed by atoms with Gasteiger partial charge in [-0.1, -0.05) is 60.7 Å². The zero-order valence-electron chi connectivity index (χ0n) is 26.3. The molecule has 9 aromatic rings. The summed E-state index contributed by atoms with van der Waals surface area (Å²) in [5.41, 5.74) is 10.7. The van der Waals surface area contributed by atoms with Gasteiger partial charge < -0.3 is 0 Å². The van der Waals surface area contributed by atoms with Crippen molar-refractivity contribution in [2.75, 3.05) is 4.90 Å². The molecular formula is C46H31NSe. The molecule has 226 valence electrons. The van der Waals surface area contributed by atoms with Crippen molar-refractivity contribution in [2.24, 2.45) is 0 Å². The molecule has 2 heteroatoms. The fourth-order valence-corrected chi connectivity index (χ4v) is 9.53. The van der Waals surface area contributed by atoms with Crippen molar-refractivity contribution >= 4 is 61.6 Å². The summed E-state index contributed by atoms with van der Waals surface area (Å²) in [5.74, 6) is 0. The minimum atomic E-state index is 0.285. The Morgan fingerprint density at radius 1 is 0.312 bits per heavy atom. The van der Waals surface area contributed by atoms with Crippen molar-refractivity contribution in [1.82, 2.24) is 0 Å². The molecule has 0 amide bonds. The first-order valence-corrected chi connectivity index (χ1v) is 18.1. The molecule has 0 N–H and O–H groups in total. The first-order chi connectivity index (χ1) is 23.8. The average molecular weight is 677 g/mol. The molecular weight excluding hydrogens is 645 g/mol. The van der Waals surface area contributed by atoms with Crippen molar-refractivity contribution in [1.29, 1.82) is 0 Å². The van der Waals surface area contributed by atoms with Gasteiger partial charge in [0, 0.05) is 0 Å². The van der Waals surface area contributed by atoms with Gasteiger partial charge in [-0.15, -0.1) is 0 Å². The second kappa shape index (κ2) is 12.2. The summed E-state index contributed by atoms with van der Waals surface area (Å²) in [7, 11) is 0. The fraction of sp³-hybridized carbons (Fsp3) is 0. The van der Waals surface area contributed by atoms with Gasteiger partial charge in [0.2, 0.25) is 0 Å². The number of nitrogens with zero attached hydrogens (tertiary/aromatic N) is 1. The second-order valence-electron chi connectivity index (χ2n) is 12.2. The maximum atomic E-state index is 2.43. The van der Waals surface area contributed by atoms with E-state index in [1.165, 1.54) is 63.4 Å². The van der Waals surface area contributed by atoms with Crippen LogP contribution in [0.25, 0.3) is 63.4 Å². The molecule has 0 saturated carbocycles. The predicted molar refractivity (Wildman–Crippen MR) is 207 cm³/mol. The maximum absolute atomic E-state index is 2.43. The number of anilines is 3. The molecule has 0 fully saturated rings. The van der Waals surface area contributed by atoms with Gasteiger partial charge in [-0.25, -0.2) is 0 Å². The van der Waals surface area contributed by atoms with Crippen LogP contribution in [0.1, 0.15) is 0 Å². The molecule has 0 aliphatic carbocycles. The quantitative estimate of drug-likeness (QED) is 0.159. The van der Waals surface area contributed by atoms with E-state index < -0.39 is 0 Å². The summed E-state index contributed by atoms with van der Waals surface area (Å²) in [4.78, 5) is 2.34. The normalized spacial score (nSPS) is 11.3. The number of hydrogen-bond acceptors (Lipinski definition) is 1. The van der Waals surface area contributed by atoms with Gasteiger partial charge in [-0.3, -0.25) is 0 Å². The van der Waals surface area contributed by atoms with Crippen LogP contribution >= 0.6 is 0 Å². The van der Waals surface area contributed by atoms with Crippen LogP contribution in [0.4, 0.5) is 17.1 Å². The molecule has 1 nitrogen and oxygen atoms in total. The van der Waals surface area contributed by atoms with E-state index in [0.717, 1.165) is 17.1 Å². The van der Waals surface area contributed by atoms with Crippen LogP contribution in [0.2, 0.25) is 0 Å². The third-order valence-corrected chi connectivity index (χ3v) is 11.8. The van der Waals surface area contributed by atoms with E-state index in [4.69, 9.17) is 0 Å². The molecule has 0 aliphatic rings. The molecule has 1 heterocycles. The summed E-state index contributed by atoms with van der Waals surface area (Å²) in [5, 5.41) is 5.52. The van der Waals surface area contributed by atoms with Gasteiger partial charge in [0.1, 0.15) is 0 Å². The summed E-state index contributed by atoms with van der Waals surface area (Å²) in [6.45, 7) is 0. The van der Waals surface area contributed by atoms with E-state index in [2.05, 4.69) is 193 Å². The van der Waals surface area contributed by atoms with Gasteiger partial charge in [0.25, 0.3) is 0 Å². The molecule has 0 aliphatic heterocycles. The van der Waals surface area contributed by atoms with Gasteiger partial charge in [0.05, 0.1) is 0 Å². The van der Waals surface area contributed by atoms with E-state index in [1.54, 1.807) is 0 Å². The Labute approximate surface area is 286 Å². The molecule has 1 aromatic heterocycles. The molecule has 0 unspecified atom stereocenters. The number of fused-ring (bicyclic) bond motifs is 5. The first kappa shape index (κ1) is 28.6. The van der Waals surface area contributed by atoms with E-state index in [0.29, 0.717) is 0 Å². The summed E-state index contributed by atoms with van der Waals surface area (Å²) in [6.07, 6.45) is 0. The Morgan fingerprint density at radius 3 is 1.65 bits per heavy atom. The summed E-state index contributed by atoms with van der Waals surface area (Å²) >= 11 is 0.285. The molecule has 0 atom stereocenters. The Hall–Kier alpha value is -5.66. The van der Waals surface area contributed by atoms with Crippen LogP contribution in [-0.4, -0.2) is 14.5 Å². The van der Waals surface area contributed by atoms with E-state index in [9.17, 15) is 0 Å². The fourth-order valence-electron chi connectivity index (χ4n) is 6.84. The molecule has 48 heavy (non-hydrogen) atoms. The van der Waals surface area contributed by atoms with Crippen molar-refractivity contribution in [2.45, 2.75) is 0 Å². The zero-order valence-corrected chi connectivity index (χ0v) is 28.0. The van der Waals surface area contributed by atoms with Crippen molar-refractivity contribution in [3.63, 3.8) is 0 Å². The minimum absolute atomic E-state index is 0.285. The Morgan fingerprint density at radius 2 is 0.854 bits per heavy atom. The van der Waals surface area contributed by atoms with Crippen LogP contribution in [0, 0.1) is 0 Å². The Kier molecular flexibility index (Phi) is 7.24. The summed E-state index contributed by atoms with van der Waals surface area (Å²) < 4.78 is 2.98. The molecule has 0 radical (unpaired) electrons. The number of hydrogen-bond donors (Lipinski definition) is 0. The number of benzene rings is 8. The Balaban J connectivity index is 1.08. The van der Waals surface area contributed by atoms with E-state index in [-0.39, 0.29) is 14.5 Å². The van der Waals surface area contributed by atoms with Gasteiger partial charge in [-0.05, 0) is 11.1 Å². The standard InChI is InChI=1S/C46H31NSe/c1-3-11-32(12-4-1)33-21-25-40(26-22-33)47(39-17-5-2-6-18-39)41-19-10-16-37(30-41)35-14-9-15-36(29-35)38-24-27-43-44-28-23-34-13-7-8-20-42(34)46(44)48-45(43)31-38/h1-31H. The number of para-hydroxylation sites is 1. The van der Waals surface area contributed by atoms with Crippen molar-refractivity contribution < 1.29 is 0 Å². The van der Waals surface area contributed by atoms with E-state index >= 15 is 0 Å². The Bertz CT molecular complexity index is 2550. The SMILES string of the molecule is c1ccc(-c2ccc(N(c3ccccc3)c3cccc(-c4cccc(-c5ccc6c(c5)[se]c5c7ccccc7ccc65)c4)c3)cc2)cc1. The molecule has 0 spiro atoms. The predicted octanol–water partition coefficient (Wildman–Crippen LogP) is 12.7. The monoisotopic (exact) mass is 677 g/mol. The molecule has 9 rings (SSSR count). The van der Waals surface area contributed by atoms with Crippen molar-refractivity contribution in [3.8, 4) is 33.4 Å². The molecule has 8 aromatic carbocycles. The van der Waals surface area contributed by atoms with Gasteiger partial charge in [0.15, 0.2) is 0 Å². The van der Waals surface area contributed by atoms with Crippen LogP contribution in [0.15, 0.2) is 188 Å². The third kappa shape index (κ3) is 5.22. The second-order valence-corrected chi connectivity index (χ2v) is 14.4. The minimum Gasteiger partial charge on any atom is -0.0617 e. The van der Waals surface area contributed by atoms with Crippen molar-refractivity contribution in [3.05, 3.63) is 188 Å². The van der Waals surface area contributed by atoms with Gasteiger partial charge >= 0.3 is 216 Å². The average Bonchev–Trinajstić information content (AvgIpc) is 3.55. The van der Waals surface area contributed by atoms with Crippen LogP contribution in [0.3, 0.4) is 0 Å². The number of rotatable bonds is 6. The first-order valence-electron chi connectivity index (χ1n) is 16.3. The molecule has 0 bridgehead atoms. The van der Waals surface area contributed by atoms with Crippen LogP contribution in [-0.2, 0) is 0 Å². The van der Waals surface area contributed by atoms with Gasteiger partial charge in [-0.2, -0.15) is 0 Å². The van der Waals surface area contributed by atoms with Crippen LogP contribution in [0.5, 0.6) is 0 Å². The zero-order chi connectivity index (χ0) is 31.9. The summed E-state index contributed by atoms with van der Waals surface area (Å²) in [6, 6.07) is 68.4. The topological polar surface area (TPSA) is 3.24 Å².